The number of nitrogens with one attached hydrogen (secondary N) is 1. The van der Waals surface area contributed by atoms with Gasteiger partial charge in [0.05, 0.1) is 5.56 Å². The van der Waals surface area contributed by atoms with Crippen molar-refractivity contribution in [1.82, 2.24) is 4.72 Å². The molecule has 1 aromatic carbocycles. The second-order valence-electron chi connectivity index (χ2n) is 2.84. The summed E-state index contributed by atoms with van der Waals surface area (Å²) in [5.41, 5.74) is 0.220. The molecule has 12 heteroatoms. The first kappa shape index (κ1) is 21.8. The molecule has 8 nitrogen and oxygen atoms in total. The minimum absolute atomic E-state index is 0. The third kappa shape index (κ3) is 7.18. The molecule has 0 radical (unpaired) electrons. The van der Waals surface area contributed by atoms with Gasteiger partial charge in [0.15, 0.2) is 0 Å². The Kier molecular flexibility index (Phi) is 9.27. The summed E-state index contributed by atoms with van der Waals surface area (Å²) >= 11 is 0. The first-order valence-corrected chi connectivity index (χ1v) is 6.76. The van der Waals surface area contributed by atoms with E-state index in [1.165, 1.54) is 12.1 Å². The maximum absolute atomic E-state index is 11.1. The van der Waals surface area contributed by atoms with E-state index in [1.54, 1.807) is 12.1 Å². The second kappa shape index (κ2) is 8.08. The van der Waals surface area contributed by atoms with Crippen molar-refractivity contribution in [3.05, 3.63) is 29.8 Å². The maximum atomic E-state index is 11.1. The molecule has 94 valence electrons. The minimum Gasteiger partial charge on any atom is -0.759 e. The quantitative estimate of drug-likeness (QED) is 0.283. The summed E-state index contributed by atoms with van der Waals surface area (Å²) < 4.78 is 58.2. The summed E-state index contributed by atoms with van der Waals surface area (Å²) in [5, 5.41) is 0. The third-order valence-electron chi connectivity index (χ3n) is 1.65. The van der Waals surface area contributed by atoms with Crippen molar-refractivity contribution in [3.63, 3.8) is 0 Å². The SMILES string of the molecule is O=C1NS(=O)(=O)c2ccccc21.O=S(=O)([O-])[O-].[Na+].[Na+]. The molecule has 1 amide bonds. The molecule has 0 aliphatic carbocycles. The fraction of sp³-hybridized carbons (Fsp3) is 0. The summed E-state index contributed by atoms with van der Waals surface area (Å²) in [6.07, 6.45) is 0. The van der Waals surface area contributed by atoms with Gasteiger partial charge in [-0.05, 0) is 12.1 Å². The van der Waals surface area contributed by atoms with Crippen LogP contribution in [0, 0.1) is 0 Å². The molecule has 1 N–H and O–H groups in total. The van der Waals surface area contributed by atoms with Crippen LogP contribution >= 0.6 is 0 Å². The predicted octanol–water partition coefficient (Wildman–Crippen LogP) is -7.21. The number of carbonyl (C=O) groups is 1. The average Bonchev–Trinajstić information content (AvgIpc) is 2.36. The standard InChI is InChI=1S/C7H5NO3S.2Na.H2O4S/c9-7-5-3-1-2-4-6(5)12(10,11)8-7;;;1-5(2,3)4/h1-4H,(H,8,9);;;(H2,1,2,3,4)/q;2*+1;/p-2. The van der Waals surface area contributed by atoms with Gasteiger partial charge in [-0.15, -0.1) is 0 Å². The van der Waals surface area contributed by atoms with Crippen molar-refractivity contribution in [3.8, 4) is 0 Å². The molecule has 0 bridgehead atoms. The van der Waals surface area contributed by atoms with Crippen LogP contribution in [0.1, 0.15) is 10.4 Å². The molecule has 0 unspecified atom stereocenters. The average molecular weight is 325 g/mol. The maximum Gasteiger partial charge on any atom is 1.00 e. The van der Waals surface area contributed by atoms with Crippen molar-refractivity contribution in [2.24, 2.45) is 0 Å². The molecule has 1 aliphatic heterocycles. The first-order valence-electron chi connectivity index (χ1n) is 3.94. The van der Waals surface area contributed by atoms with Crippen LogP contribution in [0.3, 0.4) is 0 Å². The van der Waals surface area contributed by atoms with Crippen LogP contribution in [0.25, 0.3) is 0 Å². The number of benzene rings is 1. The van der Waals surface area contributed by atoms with Crippen molar-refractivity contribution in [2.45, 2.75) is 4.90 Å². The molecule has 0 spiro atoms. The number of fused-ring (bicyclic) bond motifs is 1. The van der Waals surface area contributed by atoms with E-state index in [1.807, 2.05) is 4.72 Å². The third-order valence-corrected chi connectivity index (χ3v) is 3.04. The Morgan fingerprint density at radius 2 is 1.47 bits per heavy atom. The second-order valence-corrected chi connectivity index (χ2v) is 5.31. The van der Waals surface area contributed by atoms with E-state index >= 15 is 0 Å². The van der Waals surface area contributed by atoms with Crippen molar-refractivity contribution >= 4 is 26.3 Å². The van der Waals surface area contributed by atoms with Gasteiger partial charge in [-0.25, -0.2) is 13.1 Å². The number of carbonyl (C=O) groups excluding carboxylic acids is 1. The van der Waals surface area contributed by atoms with Crippen LogP contribution in [0.2, 0.25) is 0 Å². The molecule has 1 aliphatic rings. The predicted molar refractivity (Wildman–Crippen MR) is 51.6 cm³/mol. The summed E-state index contributed by atoms with van der Waals surface area (Å²) in [5.74, 6) is -0.550. The van der Waals surface area contributed by atoms with Crippen molar-refractivity contribution < 1.29 is 89.9 Å². The summed E-state index contributed by atoms with van der Waals surface area (Å²) in [6.45, 7) is 0. The summed E-state index contributed by atoms with van der Waals surface area (Å²) in [7, 11) is -8.72. The van der Waals surface area contributed by atoms with E-state index in [9.17, 15) is 13.2 Å². The largest absolute Gasteiger partial charge is 1.00 e. The number of amides is 1. The first-order chi connectivity index (χ1) is 7.61. The Labute approximate surface area is 154 Å². The van der Waals surface area contributed by atoms with E-state index in [4.69, 9.17) is 17.5 Å². The fourth-order valence-electron chi connectivity index (χ4n) is 1.12. The smallest absolute Gasteiger partial charge is 0.759 e. The minimum atomic E-state index is -5.17. The molecule has 0 saturated heterocycles. The van der Waals surface area contributed by atoms with E-state index in [2.05, 4.69) is 0 Å². The molecule has 1 aromatic rings. The zero-order valence-electron chi connectivity index (χ0n) is 9.98. The van der Waals surface area contributed by atoms with Crippen LogP contribution < -0.4 is 63.8 Å². The molecule has 19 heavy (non-hydrogen) atoms. The Morgan fingerprint density at radius 1 is 1.05 bits per heavy atom. The number of hydrogen-bond acceptors (Lipinski definition) is 7. The molecule has 0 fully saturated rings. The van der Waals surface area contributed by atoms with Gasteiger partial charge in [0.2, 0.25) is 0 Å². The van der Waals surface area contributed by atoms with Crippen molar-refractivity contribution in [2.75, 3.05) is 0 Å². The van der Waals surface area contributed by atoms with E-state index in [0.717, 1.165) is 0 Å². The molecule has 0 saturated carbocycles. The number of rotatable bonds is 0. The van der Waals surface area contributed by atoms with Crippen LogP contribution in [0.5, 0.6) is 0 Å². The normalized spacial score (nSPS) is 14.7. The Balaban J connectivity index is 0. The Bertz CT molecular complexity index is 648. The molecular weight excluding hydrogens is 320 g/mol. The zero-order valence-corrected chi connectivity index (χ0v) is 15.6. The van der Waals surface area contributed by atoms with Gasteiger partial charge in [-0.2, -0.15) is 0 Å². The van der Waals surface area contributed by atoms with Gasteiger partial charge >= 0.3 is 59.1 Å². The number of hydrogen-bond donors (Lipinski definition) is 1. The zero-order chi connectivity index (χ0) is 13.3. The van der Waals surface area contributed by atoms with Crippen LogP contribution in [0.15, 0.2) is 29.2 Å². The summed E-state index contributed by atoms with van der Waals surface area (Å²) in [4.78, 5) is 11.1. The van der Waals surface area contributed by atoms with Gasteiger partial charge in [-0.1, -0.05) is 12.1 Å². The van der Waals surface area contributed by atoms with Gasteiger partial charge in [-0.3, -0.25) is 13.2 Å². The van der Waals surface area contributed by atoms with Gasteiger partial charge < -0.3 is 9.11 Å². The fourth-order valence-corrected chi connectivity index (χ4v) is 2.29. The topological polar surface area (TPSA) is 144 Å². The van der Waals surface area contributed by atoms with Crippen LogP contribution in [-0.4, -0.2) is 31.8 Å². The van der Waals surface area contributed by atoms with Gasteiger partial charge in [0, 0.05) is 10.4 Å². The summed E-state index contributed by atoms with van der Waals surface area (Å²) in [6, 6.07) is 6.09. The molecule has 0 aromatic heterocycles. The molecule has 2 rings (SSSR count). The van der Waals surface area contributed by atoms with E-state index in [-0.39, 0.29) is 69.6 Å². The molecule has 1 heterocycles. The van der Waals surface area contributed by atoms with E-state index < -0.39 is 26.3 Å². The van der Waals surface area contributed by atoms with Gasteiger partial charge in [0.25, 0.3) is 15.9 Å². The van der Waals surface area contributed by atoms with Crippen LogP contribution in [-0.2, 0) is 20.4 Å². The monoisotopic (exact) mass is 325 g/mol. The Hall–Kier alpha value is 0.510. The number of sulfonamides is 1. The van der Waals surface area contributed by atoms with Crippen LogP contribution in [0.4, 0.5) is 0 Å². The molecule has 0 atom stereocenters. The van der Waals surface area contributed by atoms with E-state index in [0.29, 0.717) is 0 Å². The van der Waals surface area contributed by atoms with Crippen molar-refractivity contribution in [1.29, 1.82) is 0 Å². The Morgan fingerprint density at radius 3 is 1.89 bits per heavy atom. The van der Waals surface area contributed by atoms with Gasteiger partial charge in [0.1, 0.15) is 4.90 Å². The molecular formula is C7H5NNa2O7S2.